The standard InChI is InChI=1S/C12H14Cl2O2/c1-2-12(15)9-3-5-11(6-4-9)16-8-10(14)7-13/h3-7,12,15H,2,8H2,1H3/t12-/m0/s1. The Morgan fingerprint density at radius 3 is 2.56 bits per heavy atom. The molecule has 0 saturated heterocycles. The Morgan fingerprint density at radius 2 is 2.06 bits per heavy atom. The van der Waals surface area contributed by atoms with Gasteiger partial charge in [-0.1, -0.05) is 42.3 Å². The first kappa shape index (κ1) is 13.4. The van der Waals surface area contributed by atoms with Crippen LogP contribution in [0.3, 0.4) is 0 Å². The maximum Gasteiger partial charge on any atom is 0.125 e. The highest BCUT2D eigenvalue weighted by atomic mass is 35.5. The van der Waals surface area contributed by atoms with Crippen molar-refractivity contribution in [3.05, 3.63) is 40.4 Å². The van der Waals surface area contributed by atoms with Crippen LogP contribution in [0.2, 0.25) is 0 Å². The summed E-state index contributed by atoms with van der Waals surface area (Å²) in [6.07, 6.45) is 0.279. The van der Waals surface area contributed by atoms with Crippen molar-refractivity contribution in [2.75, 3.05) is 6.61 Å². The van der Waals surface area contributed by atoms with E-state index in [9.17, 15) is 5.11 Å². The first-order valence-corrected chi connectivity index (χ1v) is 5.84. The Bertz CT molecular complexity index is 347. The largest absolute Gasteiger partial charge is 0.488 e. The first-order chi connectivity index (χ1) is 7.67. The summed E-state index contributed by atoms with van der Waals surface area (Å²) in [6, 6.07) is 7.27. The van der Waals surface area contributed by atoms with E-state index in [1.165, 1.54) is 5.54 Å². The maximum atomic E-state index is 9.59. The second kappa shape index (κ2) is 6.79. The van der Waals surface area contributed by atoms with Gasteiger partial charge in [-0.15, -0.1) is 0 Å². The molecule has 0 heterocycles. The van der Waals surface area contributed by atoms with Crippen molar-refractivity contribution in [2.24, 2.45) is 0 Å². The number of halogens is 2. The molecule has 0 aliphatic carbocycles. The third-order valence-corrected chi connectivity index (χ3v) is 2.74. The minimum atomic E-state index is -0.416. The van der Waals surface area contributed by atoms with Gasteiger partial charge in [-0.05, 0) is 24.1 Å². The lowest BCUT2D eigenvalue weighted by atomic mass is 10.1. The lowest BCUT2D eigenvalue weighted by Crippen LogP contribution is -1.98. The van der Waals surface area contributed by atoms with E-state index in [4.69, 9.17) is 27.9 Å². The molecule has 0 aromatic heterocycles. The van der Waals surface area contributed by atoms with Crippen LogP contribution >= 0.6 is 23.2 Å². The molecule has 0 aliphatic rings. The maximum absolute atomic E-state index is 9.59. The molecule has 0 aliphatic heterocycles. The average molecular weight is 261 g/mol. The second-order valence-corrected chi connectivity index (χ2v) is 4.04. The van der Waals surface area contributed by atoms with Crippen molar-refractivity contribution >= 4 is 23.2 Å². The van der Waals surface area contributed by atoms with Crippen LogP contribution in [0.5, 0.6) is 5.75 Å². The smallest absolute Gasteiger partial charge is 0.125 e. The van der Waals surface area contributed by atoms with Crippen LogP contribution in [0.1, 0.15) is 25.0 Å². The van der Waals surface area contributed by atoms with Crippen molar-refractivity contribution < 1.29 is 9.84 Å². The van der Waals surface area contributed by atoms with E-state index in [1.54, 1.807) is 12.1 Å². The van der Waals surface area contributed by atoms with Crippen molar-refractivity contribution in [3.8, 4) is 5.75 Å². The zero-order valence-electron chi connectivity index (χ0n) is 8.99. The molecule has 0 unspecified atom stereocenters. The van der Waals surface area contributed by atoms with Gasteiger partial charge >= 0.3 is 0 Å². The van der Waals surface area contributed by atoms with E-state index in [0.29, 0.717) is 17.2 Å². The second-order valence-electron chi connectivity index (χ2n) is 3.34. The predicted octanol–water partition coefficient (Wildman–Crippen LogP) is 3.83. The van der Waals surface area contributed by atoms with E-state index in [0.717, 1.165) is 5.56 Å². The summed E-state index contributed by atoms with van der Waals surface area (Å²) in [6.45, 7) is 2.18. The van der Waals surface area contributed by atoms with Crippen LogP contribution in [0.4, 0.5) is 0 Å². The molecule has 1 rings (SSSR count). The van der Waals surface area contributed by atoms with Crippen LogP contribution in [0, 0.1) is 0 Å². The molecule has 1 aromatic rings. The molecule has 1 N–H and O–H groups in total. The normalized spacial score (nSPS) is 13.6. The van der Waals surface area contributed by atoms with E-state index < -0.39 is 6.10 Å². The molecule has 0 fully saturated rings. The molecule has 88 valence electrons. The van der Waals surface area contributed by atoms with Gasteiger partial charge in [0, 0.05) is 5.54 Å². The van der Waals surface area contributed by atoms with Gasteiger partial charge in [0.1, 0.15) is 12.4 Å². The molecule has 1 atom stereocenters. The van der Waals surface area contributed by atoms with Gasteiger partial charge in [-0.3, -0.25) is 0 Å². The Balaban J connectivity index is 2.58. The van der Waals surface area contributed by atoms with Crippen LogP contribution in [-0.2, 0) is 0 Å². The van der Waals surface area contributed by atoms with Crippen molar-refractivity contribution in [2.45, 2.75) is 19.4 Å². The van der Waals surface area contributed by atoms with Gasteiger partial charge < -0.3 is 9.84 Å². The molecule has 4 heteroatoms. The SMILES string of the molecule is CC[C@H](O)c1ccc(OCC(Cl)=CCl)cc1. The first-order valence-electron chi connectivity index (χ1n) is 5.03. The summed E-state index contributed by atoms with van der Waals surface area (Å²) in [5.74, 6) is 0.698. The van der Waals surface area contributed by atoms with Gasteiger partial charge in [0.25, 0.3) is 0 Å². The number of aliphatic hydroxyl groups excluding tert-OH is 1. The van der Waals surface area contributed by atoms with E-state index in [-0.39, 0.29) is 6.61 Å². The highest BCUT2D eigenvalue weighted by molar-refractivity contribution is 6.36. The lowest BCUT2D eigenvalue weighted by Gasteiger charge is -2.09. The summed E-state index contributed by atoms with van der Waals surface area (Å²) in [7, 11) is 0. The molecule has 0 saturated carbocycles. The van der Waals surface area contributed by atoms with Gasteiger partial charge in [0.15, 0.2) is 0 Å². The summed E-state index contributed by atoms with van der Waals surface area (Å²) >= 11 is 11.1. The molecular weight excluding hydrogens is 247 g/mol. The number of aliphatic hydroxyl groups is 1. The Morgan fingerprint density at radius 1 is 1.44 bits per heavy atom. The monoisotopic (exact) mass is 260 g/mol. The summed E-state index contributed by atoms with van der Waals surface area (Å²) < 4.78 is 5.36. The van der Waals surface area contributed by atoms with Crippen molar-refractivity contribution in [3.63, 3.8) is 0 Å². The molecule has 0 spiro atoms. The quantitative estimate of drug-likeness (QED) is 0.872. The number of benzene rings is 1. The minimum absolute atomic E-state index is 0.251. The van der Waals surface area contributed by atoms with E-state index in [2.05, 4.69) is 0 Å². The number of hydrogen-bond donors (Lipinski definition) is 1. The van der Waals surface area contributed by atoms with Crippen LogP contribution in [0.15, 0.2) is 34.8 Å². The highest BCUT2D eigenvalue weighted by Crippen LogP contribution is 2.20. The highest BCUT2D eigenvalue weighted by Gasteiger charge is 2.04. The van der Waals surface area contributed by atoms with Crippen LogP contribution < -0.4 is 4.74 Å². The fourth-order valence-electron chi connectivity index (χ4n) is 1.21. The molecule has 0 bridgehead atoms. The van der Waals surface area contributed by atoms with Crippen LogP contribution in [-0.4, -0.2) is 11.7 Å². The molecule has 0 radical (unpaired) electrons. The number of hydrogen-bond acceptors (Lipinski definition) is 2. The zero-order chi connectivity index (χ0) is 12.0. The Labute approximate surface area is 105 Å². The molecule has 16 heavy (non-hydrogen) atoms. The predicted molar refractivity (Wildman–Crippen MR) is 67.0 cm³/mol. The van der Waals surface area contributed by atoms with Gasteiger partial charge in [-0.2, -0.15) is 0 Å². The fraction of sp³-hybridized carbons (Fsp3) is 0.333. The third-order valence-electron chi connectivity index (χ3n) is 2.15. The minimum Gasteiger partial charge on any atom is -0.488 e. The summed E-state index contributed by atoms with van der Waals surface area (Å²) in [5.41, 5.74) is 2.16. The van der Waals surface area contributed by atoms with Crippen molar-refractivity contribution in [1.82, 2.24) is 0 Å². The third kappa shape index (κ3) is 4.05. The number of ether oxygens (including phenoxy) is 1. The van der Waals surface area contributed by atoms with Crippen LogP contribution in [0.25, 0.3) is 0 Å². The zero-order valence-corrected chi connectivity index (χ0v) is 10.5. The van der Waals surface area contributed by atoms with Gasteiger partial charge in [-0.25, -0.2) is 0 Å². The Hall–Kier alpha value is -0.700. The average Bonchev–Trinajstić information content (AvgIpc) is 2.35. The summed E-state index contributed by atoms with van der Waals surface area (Å²) in [5, 5.41) is 10.0. The lowest BCUT2D eigenvalue weighted by molar-refractivity contribution is 0.173. The molecule has 2 nitrogen and oxygen atoms in total. The van der Waals surface area contributed by atoms with E-state index >= 15 is 0 Å². The van der Waals surface area contributed by atoms with Gasteiger partial charge in [0.2, 0.25) is 0 Å². The Kier molecular flexibility index (Phi) is 5.67. The molecular formula is C12H14Cl2O2. The topological polar surface area (TPSA) is 29.5 Å². The summed E-state index contributed by atoms with van der Waals surface area (Å²) in [4.78, 5) is 0. The van der Waals surface area contributed by atoms with Crippen molar-refractivity contribution in [1.29, 1.82) is 0 Å². The number of rotatable bonds is 5. The van der Waals surface area contributed by atoms with E-state index in [1.807, 2.05) is 19.1 Å². The fourth-order valence-corrected chi connectivity index (χ4v) is 1.32. The molecule has 0 amide bonds. The van der Waals surface area contributed by atoms with Gasteiger partial charge in [0.05, 0.1) is 11.1 Å². The molecule has 1 aromatic carbocycles.